The van der Waals surface area contributed by atoms with Crippen LogP contribution in [0.1, 0.15) is 57.6 Å². The van der Waals surface area contributed by atoms with Gasteiger partial charge in [0.2, 0.25) is 0 Å². The van der Waals surface area contributed by atoms with Gasteiger partial charge >= 0.3 is 0 Å². The van der Waals surface area contributed by atoms with Gasteiger partial charge in [-0.3, -0.25) is 0 Å². The van der Waals surface area contributed by atoms with Crippen LogP contribution in [0.15, 0.2) is 10.7 Å². The first-order valence-corrected chi connectivity index (χ1v) is 7.81. The number of nitrogens with zero attached hydrogens (tertiary/aromatic N) is 2. The molecule has 2 aliphatic rings. The number of nitrogens with one attached hydrogen (secondary N) is 1. The average Bonchev–Trinajstić information content (AvgIpc) is 3.19. The third-order valence-electron chi connectivity index (χ3n) is 4.28. The second kappa shape index (κ2) is 5.95. The van der Waals surface area contributed by atoms with Crippen molar-refractivity contribution in [2.24, 2.45) is 0 Å². The SMILES string of the molecule is CCC1CCCCCN1c1nc(CNC2CC2)co1. The van der Waals surface area contributed by atoms with E-state index >= 15 is 0 Å². The Kier molecular flexibility index (Phi) is 4.06. The fourth-order valence-electron chi connectivity index (χ4n) is 2.90. The van der Waals surface area contributed by atoms with E-state index in [1.54, 1.807) is 0 Å². The molecule has 19 heavy (non-hydrogen) atoms. The van der Waals surface area contributed by atoms with E-state index in [9.17, 15) is 0 Å². The molecule has 1 saturated carbocycles. The molecule has 4 heteroatoms. The predicted octanol–water partition coefficient (Wildman–Crippen LogP) is 3.09. The molecule has 0 bridgehead atoms. The maximum Gasteiger partial charge on any atom is 0.297 e. The van der Waals surface area contributed by atoms with E-state index in [2.05, 4.69) is 22.1 Å². The molecule has 2 heterocycles. The minimum absolute atomic E-state index is 0.602. The predicted molar refractivity (Wildman–Crippen MR) is 76.3 cm³/mol. The van der Waals surface area contributed by atoms with Gasteiger partial charge in [-0.05, 0) is 32.1 Å². The van der Waals surface area contributed by atoms with Gasteiger partial charge in [0.05, 0.1) is 5.69 Å². The molecule has 1 saturated heterocycles. The maximum atomic E-state index is 5.72. The third kappa shape index (κ3) is 3.30. The van der Waals surface area contributed by atoms with Crippen LogP contribution in [-0.2, 0) is 6.54 Å². The van der Waals surface area contributed by atoms with Crippen molar-refractivity contribution in [1.82, 2.24) is 10.3 Å². The van der Waals surface area contributed by atoms with Gasteiger partial charge in [-0.1, -0.05) is 19.8 Å². The molecular formula is C15H25N3O. The van der Waals surface area contributed by atoms with E-state index in [1.807, 2.05) is 6.26 Å². The van der Waals surface area contributed by atoms with Crippen LogP contribution in [0.25, 0.3) is 0 Å². The van der Waals surface area contributed by atoms with Crippen LogP contribution in [0, 0.1) is 0 Å². The van der Waals surface area contributed by atoms with Gasteiger partial charge in [0.15, 0.2) is 0 Å². The van der Waals surface area contributed by atoms with E-state index in [4.69, 9.17) is 4.42 Å². The van der Waals surface area contributed by atoms with Gasteiger partial charge in [0.25, 0.3) is 6.01 Å². The second-order valence-electron chi connectivity index (χ2n) is 5.88. The molecule has 1 N–H and O–H groups in total. The summed E-state index contributed by atoms with van der Waals surface area (Å²) in [7, 11) is 0. The topological polar surface area (TPSA) is 41.3 Å². The smallest absolute Gasteiger partial charge is 0.297 e. The fourth-order valence-corrected chi connectivity index (χ4v) is 2.90. The zero-order chi connectivity index (χ0) is 13.1. The van der Waals surface area contributed by atoms with E-state index in [-0.39, 0.29) is 0 Å². The summed E-state index contributed by atoms with van der Waals surface area (Å²) < 4.78 is 5.72. The highest BCUT2D eigenvalue weighted by molar-refractivity contribution is 5.29. The molecule has 0 aromatic carbocycles. The van der Waals surface area contributed by atoms with Crippen LogP contribution in [-0.4, -0.2) is 23.6 Å². The van der Waals surface area contributed by atoms with Crippen LogP contribution in [0.3, 0.4) is 0 Å². The Morgan fingerprint density at radius 1 is 1.32 bits per heavy atom. The van der Waals surface area contributed by atoms with Gasteiger partial charge in [0, 0.05) is 25.2 Å². The Morgan fingerprint density at radius 2 is 2.21 bits per heavy atom. The number of anilines is 1. The fraction of sp³-hybridized carbons (Fsp3) is 0.800. The van der Waals surface area contributed by atoms with Crippen LogP contribution < -0.4 is 10.2 Å². The van der Waals surface area contributed by atoms with Crippen LogP contribution in [0.4, 0.5) is 6.01 Å². The van der Waals surface area contributed by atoms with E-state index < -0.39 is 0 Å². The van der Waals surface area contributed by atoms with Crippen molar-refractivity contribution in [3.63, 3.8) is 0 Å². The Morgan fingerprint density at radius 3 is 3.00 bits per heavy atom. The molecule has 0 amide bonds. The summed E-state index contributed by atoms with van der Waals surface area (Å²) in [5.41, 5.74) is 1.04. The van der Waals surface area contributed by atoms with Gasteiger partial charge in [-0.15, -0.1) is 0 Å². The minimum Gasteiger partial charge on any atom is -0.432 e. The average molecular weight is 263 g/mol. The van der Waals surface area contributed by atoms with Crippen molar-refractivity contribution < 1.29 is 4.42 Å². The van der Waals surface area contributed by atoms with Crippen molar-refractivity contribution in [2.75, 3.05) is 11.4 Å². The summed E-state index contributed by atoms with van der Waals surface area (Å²) >= 11 is 0. The summed E-state index contributed by atoms with van der Waals surface area (Å²) in [4.78, 5) is 7.05. The molecule has 3 rings (SSSR count). The molecule has 0 radical (unpaired) electrons. The zero-order valence-corrected chi connectivity index (χ0v) is 11.9. The highest BCUT2D eigenvalue weighted by Gasteiger charge is 2.24. The van der Waals surface area contributed by atoms with Gasteiger partial charge < -0.3 is 14.6 Å². The quantitative estimate of drug-likeness (QED) is 0.886. The Labute approximate surface area is 115 Å². The molecule has 1 aromatic rings. The summed E-state index contributed by atoms with van der Waals surface area (Å²) in [6, 6.07) is 2.16. The number of rotatable bonds is 5. The molecule has 1 atom stereocenters. The van der Waals surface area contributed by atoms with Gasteiger partial charge in [-0.25, -0.2) is 0 Å². The van der Waals surface area contributed by atoms with E-state index in [0.717, 1.165) is 30.8 Å². The molecule has 1 aliphatic heterocycles. The number of hydrogen-bond donors (Lipinski definition) is 1. The zero-order valence-electron chi connectivity index (χ0n) is 11.9. The highest BCUT2D eigenvalue weighted by Crippen LogP contribution is 2.25. The van der Waals surface area contributed by atoms with Crippen molar-refractivity contribution in [2.45, 2.75) is 70.5 Å². The summed E-state index contributed by atoms with van der Waals surface area (Å²) in [5, 5.41) is 3.49. The standard InChI is InChI=1S/C15H25N3O/c1-2-14-6-4-3-5-9-18(14)15-17-13(11-19-15)10-16-12-7-8-12/h11-12,14,16H,2-10H2,1H3. The lowest BCUT2D eigenvalue weighted by atomic mass is 10.1. The first-order chi connectivity index (χ1) is 9.36. The lowest BCUT2D eigenvalue weighted by molar-refractivity contribution is 0.479. The number of aromatic nitrogens is 1. The van der Waals surface area contributed by atoms with Crippen molar-refractivity contribution in [3.05, 3.63) is 12.0 Å². The summed E-state index contributed by atoms with van der Waals surface area (Å²) in [5.74, 6) is 0. The molecule has 1 unspecified atom stereocenters. The largest absolute Gasteiger partial charge is 0.432 e. The second-order valence-corrected chi connectivity index (χ2v) is 5.88. The molecule has 1 aromatic heterocycles. The molecule has 106 valence electrons. The first-order valence-electron chi connectivity index (χ1n) is 7.81. The number of oxazole rings is 1. The Balaban J connectivity index is 1.64. The van der Waals surface area contributed by atoms with Crippen LogP contribution in [0.5, 0.6) is 0 Å². The van der Waals surface area contributed by atoms with Crippen LogP contribution >= 0.6 is 0 Å². The third-order valence-corrected chi connectivity index (χ3v) is 4.28. The van der Waals surface area contributed by atoms with Crippen molar-refractivity contribution in [3.8, 4) is 0 Å². The molecular weight excluding hydrogens is 238 g/mol. The summed E-state index contributed by atoms with van der Waals surface area (Å²) in [6.07, 6.45) is 10.8. The van der Waals surface area contributed by atoms with Gasteiger partial charge in [-0.2, -0.15) is 4.98 Å². The lowest BCUT2D eigenvalue weighted by Crippen LogP contribution is -2.34. The molecule has 1 aliphatic carbocycles. The molecule has 4 nitrogen and oxygen atoms in total. The molecule has 2 fully saturated rings. The van der Waals surface area contributed by atoms with Crippen molar-refractivity contribution in [1.29, 1.82) is 0 Å². The van der Waals surface area contributed by atoms with Crippen LogP contribution in [0.2, 0.25) is 0 Å². The molecule has 0 spiro atoms. The highest BCUT2D eigenvalue weighted by atomic mass is 16.4. The summed E-state index contributed by atoms with van der Waals surface area (Å²) in [6.45, 7) is 4.20. The number of hydrogen-bond acceptors (Lipinski definition) is 4. The first kappa shape index (κ1) is 13.0. The Bertz CT molecular complexity index is 400. The van der Waals surface area contributed by atoms with E-state index in [1.165, 1.54) is 44.9 Å². The normalized spacial score (nSPS) is 24.5. The van der Waals surface area contributed by atoms with Gasteiger partial charge in [0.1, 0.15) is 6.26 Å². The Hall–Kier alpha value is -1.03. The maximum absolute atomic E-state index is 5.72. The lowest BCUT2D eigenvalue weighted by Gasteiger charge is -2.27. The van der Waals surface area contributed by atoms with Crippen molar-refractivity contribution >= 4 is 6.01 Å². The van der Waals surface area contributed by atoms with E-state index in [0.29, 0.717) is 6.04 Å². The monoisotopic (exact) mass is 263 g/mol. The minimum atomic E-state index is 0.602.